The van der Waals surface area contributed by atoms with E-state index in [0.29, 0.717) is 6.54 Å². The molecule has 0 radical (unpaired) electrons. The Labute approximate surface area is 135 Å². The van der Waals surface area contributed by atoms with Crippen LogP contribution in [0.25, 0.3) is 6.08 Å². The van der Waals surface area contributed by atoms with E-state index in [9.17, 15) is 9.18 Å². The minimum Gasteiger partial charge on any atom is -0.486 e. The third-order valence-electron chi connectivity index (χ3n) is 3.85. The molecular formula is C19H18FNO2. The number of halogens is 1. The SMILES string of the molecule is CCC1CN(C(=O)/C=C/c2ccc(F)cc2)c2ccccc2O1. The van der Waals surface area contributed by atoms with E-state index in [4.69, 9.17) is 4.74 Å². The molecule has 118 valence electrons. The highest BCUT2D eigenvalue weighted by molar-refractivity contribution is 6.05. The van der Waals surface area contributed by atoms with E-state index < -0.39 is 0 Å². The van der Waals surface area contributed by atoms with E-state index in [0.717, 1.165) is 23.4 Å². The van der Waals surface area contributed by atoms with Crippen molar-refractivity contribution in [1.82, 2.24) is 0 Å². The lowest BCUT2D eigenvalue weighted by Crippen LogP contribution is -2.42. The van der Waals surface area contributed by atoms with Gasteiger partial charge in [0, 0.05) is 6.08 Å². The van der Waals surface area contributed by atoms with Crippen LogP contribution in [-0.4, -0.2) is 18.6 Å². The van der Waals surface area contributed by atoms with E-state index in [1.807, 2.05) is 31.2 Å². The van der Waals surface area contributed by atoms with Gasteiger partial charge in [-0.05, 0) is 42.3 Å². The zero-order chi connectivity index (χ0) is 16.2. The summed E-state index contributed by atoms with van der Waals surface area (Å²) >= 11 is 0. The fourth-order valence-corrected chi connectivity index (χ4v) is 2.55. The molecule has 0 N–H and O–H groups in total. The lowest BCUT2D eigenvalue weighted by atomic mass is 10.1. The maximum Gasteiger partial charge on any atom is 0.251 e. The van der Waals surface area contributed by atoms with E-state index in [-0.39, 0.29) is 17.8 Å². The van der Waals surface area contributed by atoms with Crippen molar-refractivity contribution in [2.24, 2.45) is 0 Å². The Morgan fingerprint density at radius 3 is 2.74 bits per heavy atom. The number of fused-ring (bicyclic) bond motifs is 1. The van der Waals surface area contributed by atoms with Crippen LogP contribution in [-0.2, 0) is 4.79 Å². The number of hydrogen-bond acceptors (Lipinski definition) is 2. The Kier molecular flexibility index (Phi) is 4.42. The molecule has 0 bridgehead atoms. The zero-order valence-corrected chi connectivity index (χ0v) is 12.9. The fourth-order valence-electron chi connectivity index (χ4n) is 2.55. The quantitative estimate of drug-likeness (QED) is 0.801. The second-order valence-corrected chi connectivity index (χ2v) is 5.45. The molecule has 3 rings (SSSR count). The summed E-state index contributed by atoms with van der Waals surface area (Å²) in [6, 6.07) is 13.6. The van der Waals surface area contributed by atoms with Crippen LogP contribution in [0.1, 0.15) is 18.9 Å². The van der Waals surface area contributed by atoms with Gasteiger partial charge in [-0.2, -0.15) is 0 Å². The molecule has 0 fully saturated rings. The highest BCUT2D eigenvalue weighted by atomic mass is 19.1. The van der Waals surface area contributed by atoms with Gasteiger partial charge in [0.2, 0.25) is 0 Å². The maximum absolute atomic E-state index is 12.9. The Morgan fingerprint density at radius 1 is 1.26 bits per heavy atom. The molecule has 23 heavy (non-hydrogen) atoms. The van der Waals surface area contributed by atoms with Crippen LogP contribution in [0.3, 0.4) is 0 Å². The van der Waals surface area contributed by atoms with Crippen molar-refractivity contribution in [2.75, 3.05) is 11.4 Å². The molecule has 1 atom stereocenters. The lowest BCUT2D eigenvalue weighted by molar-refractivity contribution is -0.114. The Morgan fingerprint density at radius 2 is 2.00 bits per heavy atom. The molecule has 2 aromatic carbocycles. The van der Waals surface area contributed by atoms with E-state index in [1.54, 1.807) is 23.1 Å². The third-order valence-corrected chi connectivity index (χ3v) is 3.85. The van der Waals surface area contributed by atoms with E-state index in [2.05, 4.69) is 0 Å². The smallest absolute Gasteiger partial charge is 0.251 e. The number of nitrogens with zero attached hydrogens (tertiary/aromatic N) is 1. The van der Waals surface area contributed by atoms with Gasteiger partial charge in [0.25, 0.3) is 5.91 Å². The molecule has 4 heteroatoms. The molecule has 3 nitrogen and oxygen atoms in total. The predicted octanol–water partition coefficient (Wildman–Crippen LogP) is 4.04. The summed E-state index contributed by atoms with van der Waals surface area (Å²) in [6.45, 7) is 2.57. The molecule has 0 spiro atoms. The van der Waals surface area contributed by atoms with Crippen molar-refractivity contribution in [1.29, 1.82) is 0 Å². The number of anilines is 1. The number of hydrogen-bond donors (Lipinski definition) is 0. The van der Waals surface area contributed by atoms with Crippen molar-refractivity contribution in [3.8, 4) is 5.75 Å². The summed E-state index contributed by atoms with van der Waals surface area (Å²) in [5.74, 6) is 0.332. The number of carbonyl (C=O) groups excluding carboxylic acids is 1. The van der Waals surface area contributed by atoms with Crippen LogP contribution in [0, 0.1) is 5.82 Å². The summed E-state index contributed by atoms with van der Waals surface area (Å²) in [7, 11) is 0. The first kappa shape index (κ1) is 15.3. The molecule has 0 aromatic heterocycles. The average molecular weight is 311 g/mol. The second kappa shape index (κ2) is 6.65. The minimum absolute atomic E-state index is 0.00642. The van der Waals surface area contributed by atoms with Crippen LogP contribution >= 0.6 is 0 Å². The van der Waals surface area contributed by atoms with E-state index in [1.165, 1.54) is 18.2 Å². The van der Waals surface area contributed by atoms with Gasteiger partial charge < -0.3 is 9.64 Å². The van der Waals surface area contributed by atoms with Gasteiger partial charge in [-0.25, -0.2) is 4.39 Å². The average Bonchev–Trinajstić information content (AvgIpc) is 2.60. The van der Waals surface area contributed by atoms with Crippen LogP contribution in [0.5, 0.6) is 5.75 Å². The summed E-state index contributed by atoms with van der Waals surface area (Å²) < 4.78 is 18.8. The molecule has 1 aliphatic rings. The highest BCUT2D eigenvalue weighted by Gasteiger charge is 2.27. The molecule has 1 amide bonds. The normalized spacial score (nSPS) is 17.0. The Bertz CT molecular complexity index is 724. The van der Waals surface area contributed by atoms with Gasteiger partial charge in [0.05, 0.1) is 12.2 Å². The van der Waals surface area contributed by atoms with Gasteiger partial charge in [-0.1, -0.05) is 31.2 Å². The molecule has 0 saturated heterocycles. The van der Waals surface area contributed by atoms with Crippen molar-refractivity contribution >= 4 is 17.7 Å². The molecule has 0 saturated carbocycles. The number of para-hydroxylation sites is 2. The standard InChI is InChI=1S/C19H18FNO2/c1-2-16-13-21(17-5-3-4-6-18(17)23-16)19(22)12-9-14-7-10-15(20)11-8-14/h3-12,16H,2,13H2,1H3/b12-9+. The molecule has 1 unspecified atom stereocenters. The number of amides is 1. The highest BCUT2D eigenvalue weighted by Crippen LogP contribution is 2.33. The molecule has 1 aliphatic heterocycles. The first-order chi connectivity index (χ1) is 11.2. The number of benzene rings is 2. The summed E-state index contributed by atoms with van der Waals surface area (Å²) in [4.78, 5) is 14.3. The number of carbonyl (C=O) groups is 1. The van der Waals surface area contributed by atoms with Gasteiger partial charge in [-0.15, -0.1) is 0 Å². The van der Waals surface area contributed by atoms with Crippen LogP contribution in [0.4, 0.5) is 10.1 Å². The fraction of sp³-hybridized carbons (Fsp3) is 0.211. The van der Waals surface area contributed by atoms with Crippen LogP contribution < -0.4 is 9.64 Å². The maximum atomic E-state index is 12.9. The molecule has 0 aliphatic carbocycles. The van der Waals surface area contributed by atoms with Gasteiger partial charge >= 0.3 is 0 Å². The first-order valence-corrected chi connectivity index (χ1v) is 7.68. The Hall–Kier alpha value is -2.62. The lowest BCUT2D eigenvalue weighted by Gasteiger charge is -2.34. The van der Waals surface area contributed by atoms with Gasteiger partial charge in [0.1, 0.15) is 17.7 Å². The topological polar surface area (TPSA) is 29.5 Å². The van der Waals surface area contributed by atoms with Crippen molar-refractivity contribution in [3.05, 3.63) is 66.0 Å². The molecule has 1 heterocycles. The van der Waals surface area contributed by atoms with Crippen molar-refractivity contribution < 1.29 is 13.9 Å². The summed E-state index contributed by atoms with van der Waals surface area (Å²) in [5.41, 5.74) is 1.57. The largest absolute Gasteiger partial charge is 0.486 e. The summed E-state index contributed by atoms with van der Waals surface area (Å²) in [6.07, 6.45) is 4.04. The Balaban J connectivity index is 1.82. The monoisotopic (exact) mass is 311 g/mol. The van der Waals surface area contributed by atoms with E-state index >= 15 is 0 Å². The first-order valence-electron chi connectivity index (χ1n) is 7.68. The molecule has 2 aromatic rings. The summed E-state index contributed by atoms with van der Waals surface area (Å²) in [5, 5.41) is 0. The second-order valence-electron chi connectivity index (χ2n) is 5.45. The third kappa shape index (κ3) is 3.42. The van der Waals surface area contributed by atoms with Crippen molar-refractivity contribution in [2.45, 2.75) is 19.4 Å². The zero-order valence-electron chi connectivity index (χ0n) is 12.9. The van der Waals surface area contributed by atoms with Gasteiger partial charge in [0.15, 0.2) is 0 Å². The van der Waals surface area contributed by atoms with Gasteiger partial charge in [-0.3, -0.25) is 4.79 Å². The van der Waals surface area contributed by atoms with Crippen LogP contribution in [0.15, 0.2) is 54.6 Å². The molecular weight excluding hydrogens is 293 g/mol. The predicted molar refractivity (Wildman–Crippen MR) is 88.9 cm³/mol. The number of ether oxygens (including phenoxy) is 1. The van der Waals surface area contributed by atoms with Crippen LogP contribution in [0.2, 0.25) is 0 Å². The van der Waals surface area contributed by atoms with Crippen molar-refractivity contribution in [3.63, 3.8) is 0 Å². The minimum atomic E-state index is -0.290. The number of rotatable bonds is 3.